The van der Waals surface area contributed by atoms with Gasteiger partial charge in [-0.2, -0.15) is 4.31 Å². The summed E-state index contributed by atoms with van der Waals surface area (Å²) >= 11 is 8.85. The Labute approximate surface area is 134 Å². The molecule has 0 aliphatic carbocycles. The van der Waals surface area contributed by atoms with Crippen LogP contribution in [0.25, 0.3) is 0 Å². The summed E-state index contributed by atoms with van der Waals surface area (Å²) < 4.78 is 32.5. The molecule has 0 spiro atoms. The number of sulfonamides is 1. The van der Waals surface area contributed by atoms with Crippen LogP contribution in [0.3, 0.4) is 0 Å². The molecule has 0 atom stereocenters. The summed E-state index contributed by atoms with van der Waals surface area (Å²) in [7, 11) is -3.58. The molecule has 20 heavy (non-hydrogen) atoms. The van der Waals surface area contributed by atoms with Crippen LogP contribution in [0, 0.1) is 11.8 Å². The molecular weight excluding hydrogens is 366 g/mol. The van der Waals surface area contributed by atoms with E-state index >= 15 is 0 Å². The van der Waals surface area contributed by atoms with Crippen LogP contribution in [-0.4, -0.2) is 25.8 Å². The number of hydrogen-bond donors (Lipinski definition) is 0. The highest BCUT2D eigenvalue weighted by Crippen LogP contribution is 2.30. The van der Waals surface area contributed by atoms with Gasteiger partial charge in [-0.1, -0.05) is 27.7 Å². The Bertz CT molecular complexity index is 530. The number of hydrogen-bond acceptors (Lipinski definition) is 3. The van der Waals surface area contributed by atoms with Crippen molar-refractivity contribution in [3.63, 3.8) is 0 Å². The second-order valence-corrected chi connectivity index (χ2v) is 8.49. The summed E-state index contributed by atoms with van der Waals surface area (Å²) in [5.74, 6) is 1.08. The first-order valence-corrected chi connectivity index (χ1v) is 9.29. The molecule has 7 heteroatoms. The first kappa shape index (κ1) is 18.0. The number of furan rings is 1. The van der Waals surface area contributed by atoms with Gasteiger partial charge in [0.1, 0.15) is 10.7 Å². The lowest BCUT2D eigenvalue weighted by Crippen LogP contribution is -2.37. The highest BCUT2D eigenvalue weighted by Gasteiger charge is 2.30. The van der Waals surface area contributed by atoms with Gasteiger partial charge in [0, 0.05) is 19.2 Å². The van der Waals surface area contributed by atoms with Crippen LogP contribution in [0.15, 0.2) is 20.0 Å². The molecule has 4 nitrogen and oxygen atoms in total. The third-order valence-corrected chi connectivity index (χ3v) is 5.55. The molecule has 116 valence electrons. The summed E-state index contributed by atoms with van der Waals surface area (Å²) in [5, 5.41) is 0. The molecule has 1 aromatic heterocycles. The average molecular weight is 387 g/mol. The maximum Gasteiger partial charge on any atom is 0.247 e. The van der Waals surface area contributed by atoms with Crippen molar-refractivity contribution in [1.82, 2.24) is 4.31 Å². The van der Waals surface area contributed by atoms with Gasteiger partial charge < -0.3 is 4.42 Å². The summed E-state index contributed by atoms with van der Waals surface area (Å²) in [6.45, 7) is 8.95. The van der Waals surface area contributed by atoms with Crippen LogP contribution >= 0.6 is 27.5 Å². The van der Waals surface area contributed by atoms with Crippen molar-refractivity contribution >= 4 is 37.6 Å². The summed E-state index contributed by atoms with van der Waals surface area (Å²) in [6, 6.07) is 1.49. The fraction of sp³-hybridized carbons (Fsp3) is 0.692. The predicted octanol–water partition coefficient (Wildman–Crippen LogP) is 4.08. The molecule has 1 rings (SSSR count). The van der Waals surface area contributed by atoms with Crippen LogP contribution in [0.2, 0.25) is 0 Å². The molecule has 0 amide bonds. The summed E-state index contributed by atoms with van der Waals surface area (Å²) in [4.78, 5) is 0.148. The fourth-order valence-corrected chi connectivity index (χ4v) is 4.72. The first-order chi connectivity index (χ1) is 9.18. The molecule has 0 bridgehead atoms. The Morgan fingerprint density at radius 3 is 2.10 bits per heavy atom. The maximum absolute atomic E-state index is 12.7. The minimum absolute atomic E-state index is 0.141. The largest absolute Gasteiger partial charge is 0.452 e. The van der Waals surface area contributed by atoms with E-state index in [4.69, 9.17) is 16.0 Å². The van der Waals surface area contributed by atoms with Crippen LogP contribution < -0.4 is 0 Å². The average Bonchev–Trinajstić information content (AvgIpc) is 2.69. The lowest BCUT2D eigenvalue weighted by Gasteiger charge is -2.25. The number of nitrogens with zero attached hydrogens (tertiary/aromatic N) is 1. The Morgan fingerprint density at radius 2 is 1.75 bits per heavy atom. The van der Waals surface area contributed by atoms with Gasteiger partial charge in [0.15, 0.2) is 4.67 Å². The summed E-state index contributed by atoms with van der Waals surface area (Å²) in [5.41, 5.74) is 0. The third-order valence-electron chi connectivity index (χ3n) is 2.59. The SMILES string of the molecule is CC(C)CN(CC(C)C)S(=O)(=O)c1cc(CCl)oc1Br. The molecule has 1 heterocycles. The minimum Gasteiger partial charge on any atom is -0.452 e. The number of halogens is 2. The molecule has 0 unspecified atom stereocenters. The lowest BCUT2D eigenvalue weighted by atomic mass is 10.2. The smallest absolute Gasteiger partial charge is 0.247 e. The second kappa shape index (κ2) is 7.29. The Morgan fingerprint density at radius 1 is 1.25 bits per heavy atom. The van der Waals surface area contributed by atoms with Crippen molar-refractivity contribution in [2.24, 2.45) is 11.8 Å². The quantitative estimate of drug-likeness (QED) is 0.663. The molecule has 0 fully saturated rings. The van der Waals surface area contributed by atoms with Crippen LogP contribution in [-0.2, 0) is 15.9 Å². The predicted molar refractivity (Wildman–Crippen MR) is 84.4 cm³/mol. The highest BCUT2D eigenvalue weighted by atomic mass is 79.9. The van der Waals surface area contributed by atoms with Crippen molar-refractivity contribution in [2.45, 2.75) is 38.5 Å². The van der Waals surface area contributed by atoms with Gasteiger partial charge in [0.2, 0.25) is 10.0 Å². The van der Waals surface area contributed by atoms with E-state index in [0.29, 0.717) is 18.8 Å². The zero-order valence-electron chi connectivity index (χ0n) is 12.2. The van der Waals surface area contributed by atoms with Gasteiger partial charge in [0.25, 0.3) is 0 Å². The maximum atomic E-state index is 12.7. The van der Waals surface area contributed by atoms with Gasteiger partial charge in [-0.15, -0.1) is 11.6 Å². The minimum atomic E-state index is -3.58. The Balaban J connectivity index is 3.17. The van der Waals surface area contributed by atoms with Gasteiger partial charge >= 0.3 is 0 Å². The molecule has 1 aromatic rings. The molecule has 0 aliphatic heterocycles. The molecule has 0 N–H and O–H groups in total. The van der Waals surface area contributed by atoms with E-state index in [1.165, 1.54) is 10.4 Å². The molecular formula is C13H21BrClNO3S. The molecule has 0 aliphatic rings. The Kier molecular flexibility index (Phi) is 6.57. The van der Waals surface area contributed by atoms with E-state index in [9.17, 15) is 8.42 Å². The van der Waals surface area contributed by atoms with Gasteiger partial charge in [-0.25, -0.2) is 8.42 Å². The first-order valence-electron chi connectivity index (χ1n) is 6.52. The number of rotatable bonds is 7. The van der Waals surface area contributed by atoms with E-state index in [2.05, 4.69) is 15.9 Å². The van der Waals surface area contributed by atoms with Crippen LogP contribution in [0.4, 0.5) is 0 Å². The van der Waals surface area contributed by atoms with E-state index in [-0.39, 0.29) is 27.3 Å². The fourth-order valence-electron chi connectivity index (χ4n) is 1.86. The van der Waals surface area contributed by atoms with E-state index in [1.807, 2.05) is 27.7 Å². The second-order valence-electron chi connectivity index (χ2n) is 5.59. The van der Waals surface area contributed by atoms with Crippen LogP contribution in [0.1, 0.15) is 33.5 Å². The van der Waals surface area contributed by atoms with Crippen molar-refractivity contribution in [2.75, 3.05) is 13.1 Å². The van der Waals surface area contributed by atoms with Crippen LogP contribution in [0.5, 0.6) is 0 Å². The lowest BCUT2D eigenvalue weighted by molar-refractivity contribution is 0.332. The van der Waals surface area contributed by atoms with Crippen molar-refractivity contribution in [1.29, 1.82) is 0 Å². The van der Waals surface area contributed by atoms with Gasteiger partial charge in [0.05, 0.1) is 5.88 Å². The standard InChI is InChI=1S/C13H21BrClNO3S/c1-9(2)7-16(8-10(3)4)20(17,18)12-5-11(6-15)19-13(12)14/h5,9-10H,6-8H2,1-4H3. The molecule has 0 saturated carbocycles. The van der Waals surface area contributed by atoms with Crippen molar-refractivity contribution in [3.05, 3.63) is 16.5 Å². The normalized spacial score (nSPS) is 12.8. The van der Waals surface area contributed by atoms with Gasteiger partial charge in [-0.3, -0.25) is 0 Å². The zero-order valence-corrected chi connectivity index (χ0v) is 15.3. The molecule has 0 saturated heterocycles. The van der Waals surface area contributed by atoms with E-state index in [1.54, 1.807) is 0 Å². The molecule has 0 radical (unpaired) electrons. The van der Waals surface area contributed by atoms with E-state index < -0.39 is 10.0 Å². The van der Waals surface area contributed by atoms with Crippen molar-refractivity contribution < 1.29 is 12.8 Å². The third kappa shape index (κ3) is 4.48. The molecule has 0 aromatic carbocycles. The summed E-state index contributed by atoms with van der Waals surface area (Å²) in [6.07, 6.45) is 0. The number of alkyl halides is 1. The topological polar surface area (TPSA) is 50.5 Å². The highest BCUT2D eigenvalue weighted by molar-refractivity contribution is 9.10. The van der Waals surface area contributed by atoms with Crippen molar-refractivity contribution in [3.8, 4) is 0 Å². The monoisotopic (exact) mass is 385 g/mol. The Hall–Kier alpha value is -0.0400. The zero-order chi connectivity index (χ0) is 15.5. The van der Waals surface area contributed by atoms with Gasteiger partial charge in [-0.05, 0) is 27.8 Å². The van der Waals surface area contributed by atoms with E-state index in [0.717, 1.165) is 0 Å².